The van der Waals surface area contributed by atoms with Crippen molar-refractivity contribution in [3.63, 3.8) is 0 Å². The van der Waals surface area contributed by atoms with Gasteiger partial charge in [0.25, 0.3) is 0 Å². The highest BCUT2D eigenvalue weighted by atomic mass is 19.1. The van der Waals surface area contributed by atoms with Crippen molar-refractivity contribution >= 4 is 22.4 Å². The SMILES string of the molecule is CNCc1c(-c2ccc(NNC(CF)CF)cn2)n(C2=CC=CCN2)c2ccc(F)cc12. The third-order valence-electron chi connectivity index (χ3n) is 5.22. The van der Waals surface area contributed by atoms with Gasteiger partial charge in [0.2, 0.25) is 0 Å². The zero-order valence-electron chi connectivity index (χ0n) is 17.6. The maximum Gasteiger partial charge on any atom is 0.123 e. The van der Waals surface area contributed by atoms with E-state index in [9.17, 15) is 13.2 Å². The maximum absolute atomic E-state index is 14.1. The first-order valence-electron chi connectivity index (χ1n) is 10.3. The van der Waals surface area contributed by atoms with E-state index >= 15 is 0 Å². The van der Waals surface area contributed by atoms with Gasteiger partial charge in [-0.2, -0.15) is 0 Å². The van der Waals surface area contributed by atoms with E-state index in [0.29, 0.717) is 24.5 Å². The number of nitrogens with zero attached hydrogens (tertiary/aromatic N) is 2. The molecule has 1 aromatic carbocycles. The van der Waals surface area contributed by atoms with Crippen LogP contribution in [0.4, 0.5) is 18.9 Å². The minimum atomic E-state index is -0.924. The molecule has 0 unspecified atom stereocenters. The van der Waals surface area contributed by atoms with Crippen LogP contribution in [0, 0.1) is 5.82 Å². The molecular formula is C23H25F3N6. The summed E-state index contributed by atoms with van der Waals surface area (Å²) in [7, 11) is 1.84. The largest absolute Gasteiger partial charge is 0.368 e. The van der Waals surface area contributed by atoms with E-state index in [2.05, 4.69) is 26.5 Å². The molecule has 32 heavy (non-hydrogen) atoms. The fraction of sp³-hybridized carbons (Fsp3) is 0.261. The molecular weight excluding hydrogens is 417 g/mol. The van der Waals surface area contributed by atoms with Crippen molar-refractivity contribution in [3.8, 4) is 11.4 Å². The Bertz CT molecular complexity index is 1130. The number of anilines is 1. The second kappa shape index (κ2) is 9.88. The number of nitrogens with one attached hydrogen (secondary N) is 4. The number of hydrogen-bond acceptors (Lipinski definition) is 5. The molecule has 6 nitrogen and oxygen atoms in total. The molecule has 0 aliphatic carbocycles. The van der Waals surface area contributed by atoms with Crippen LogP contribution in [0.2, 0.25) is 0 Å². The van der Waals surface area contributed by atoms with Crippen LogP contribution in [0.3, 0.4) is 0 Å². The van der Waals surface area contributed by atoms with E-state index in [0.717, 1.165) is 28.0 Å². The highest BCUT2D eigenvalue weighted by molar-refractivity contribution is 5.94. The molecule has 168 valence electrons. The van der Waals surface area contributed by atoms with Crippen molar-refractivity contribution in [1.29, 1.82) is 0 Å². The third-order valence-corrected chi connectivity index (χ3v) is 5.22. The van der Waals surface area contributed by atoms with E-state index in [-0.39, 0.29) is 5.82 Å². The Hall–Kier alpha value is -3.30. The summed E-state index contributed by atoms with van der Waals surface area (Å²) >= 11 is 0. The van der Waals surface area contributed by atoms with E-state index in [1.54, 1.807) is 18.3 Å². The van der Waals surface area contributed by atoms with Crippen LogP contribution in [-0.2, 0) is 6.54 Å². The molecule has 0 atom stereocenters. The fourth-order valence-corrected chi connectivity index (χ4v) is 3.72. The highest BCUT2D eigenvalue weighted by Crippen LogP contribution is 2.36. The zero-order valence-corrected chi connectivity index (χ0v) is 17.6. The van der Waals surface area contributed by atoms with Crippen molar-refractivity contribution in [2.45, 2.75) is 12.6 Å². The van der Waals surface area contributed by atoms with Crippen LogP contribution >= 0.6 is 0 Å². The Morgan fingerprint density at radius 1 is 1.19 bits per heavy atom. The van der Waals surface area contributed by atoms with Gasteiger partial charge in [-0.05, 0) is 43.5 Å². The molecule has 9 heteroatoms. The second-order valence-corrected chi connectivity index (χ2v) is 7.42. The lowest BCUT2D eigenvalue weighted by Crippen LogP contribution is -2.37. The average Bonchev–Trinajstić information content (AvgIpc) is 3.14. The number of hydrazine groups is 1. The molecule has 1 aliphatic rings. The number of alkyl halides is 2. The van der Waals surface area contributed by atoms with Gasteiger partial charge in [-0.15, -0.1) is 0 Å². The van der Waals surface area contributed by atoms with E-state index in [1.807, 2.05) is 35.9 Å². The summed E-state index contributed by atoms with van der Waals surface area (Å²) in [6.45, 7) is -0.450. The van der Waals surface area contributed by atoms with Gasteiger partial charge in [-0.25, -0.2) is 18.6 Å². The number of dihydropyridines is 1. The monoisotopic (exact) mass is 442 g/mol. The van der Waals surface area contributed by atoms with Crippen LogP contribution < -0.4 is 21.5 Å². The smallest absolute Gasteiger partial charge is 0.123 e. The predicted octanol–water partition coefficient (Wildman–Crippen LogP) is 3.74. The van der Waals surface area contributed by atoms with Crippen molar-refractivity contribution < 1.29 is 13.2 Å². The van der Waals surface area contributed by atoms with Crippen molar-refractivity contribution in [2.24, 2.45) is 0 Å². The number of fused-ring (bicyclic) bond motifs is 1. The number of rotatable bonds is 9. The lowest BCUT2D eigenvalue weighted by molar-refractivity contribution is 0.320. The first-order valence-corrected chi connectivity index (χ1v) is 10.3. The number of hydrogen-bond donors (Lipinski definition) is 4. The molecule has 2 aromatic heterocycles. The molecule has 0 bridgehead atoms. The second-order valence-electron chi connectivity index (χ2n) is 7.42. The Morgan fingerprint density at radius 3 is 2.69 bits per heavy atom. The number of pyridine rings is 1. The molecule has 4 rings (SSSR count). The minimum absolute atomic E-state index is 0.308. The van der Waals surface area contributed by atoms with E-state index < -0.39 is 19.4 Å². The number of benzene rings is 1. The van der Waals surface area contributed by atoms with Gasteiger partial charge in [-0.3, -0.25) is 9.55 Å². The predicted molar refractivity (Wildman–Crippen MR) is 122 cm³/mol. The standard InChI is InChI=1S/C23H25F3N6/c1-27-14-19-18-10-15(26)5-8-21(18)32(22-4-2-3-9-28-22)23(19)20-7-6-16(13-29-20)30-31-17(11-24)12-25/h2-8,10,13,17,27-28,30-31H,9,11-12,14H2,1H3. The van der Waals surface area contributed by atoms with Gasteiger partial charge in [0.1, 0.15) is 25.0 Å². The van der Waals surface area contributed by atoms with E-state index in [1.165, 1.54) is 12.1 Å². The third kappa shape index (κ3) is 4.35. The summed E-state index contributed by atoms with van der Waals surface area (Å²) in [5.74, 6) is 0.554. The molecule has 3 aromatic rings. The van der Waals surface area contributed by atoms with Crippen LogP contribution in [0.25, 0.3) is 28.1 Å². The summed E-state index contributed by atoms with van der Waals surface area (Å²) < 4.78 is 41.6. The van der Waals surface area contributed by atoms with Crippen LogP contribution in [0.15, 0.2) is 54.8 Å². The van der Waals surface area contributed by atoms with Gasteiger partial charge in [-0.1, -0.05) is 12.2 Å². The maximum atomic E-state index is 14.1. The molecule has 0 fully saturated rings. The van der Waals surface area contributed by atoms with E-state index in [4.69, 9.17) is 0 Å². The normalized spacial score (nSPS) is 13.5. The number of allylic oxidation sites excluding steroid dienone is 2. The minimum Gasteiger partial charge on any atom is -0.368 e. The van der Waals surface area contributed by atoms with Crippen molar-refractivity contribution in [2.75, 3.05) is 32.4 Å². The van der Waals surface area contributed by atoms with Crippen LogP contribution in [0.5, 0.6) is 0 Å². The molecule has 4 N–H and O–H groups in total. The lowest BCUT2D eigenvalue weighted by Gasteiger charge is -2.19. The topological polar surface area (TPSA) is 65.9 Å². The highest BCUT2D eigenvalue weighted by Gasteiger charge is 2.22. The van der Waals surface area contributed by atoms with Gasteiger partial charge in [0.15, 0.2) is 0 Å². The molecule has 1 aliphatic heterocycles. The van der Waals surface area contributed by atoms with Gasteiger partial charge >= 0.3 is 0 Å². The van der Waals surface area contributed by atoms with Crippen molar-refractivity contribution in [1.82, 2.24) is 25.6 Å². The molecule has 0 saturated carbocycles. The van der Waals surface area contributed by atoms with Crippen LogP contribution in [-0.4, -0.2) is 42.5 Å². The average molecular weight is 442 g/mol. The molecule has 0 saturated heterocycles. The molecule has 0 spiro atoms. The summed E-state index contributed by atoms with van der Waals surface area (Å²) in [4.78, 5) is 4.59. The first kappa shape index (κ1) is 21.9. The van der Waals surface area contributed by atoms with Gasteiger partial charge in [0, 0.05) is 24.0 Å². The quantitative estimate of drug-likeness (QED) is 0.380. The van der Waals surface area contributed by atoms with Crippen LogP contribution in [0.1, 0.15) is 5.56 Å². The Morgan fingerprint density at radius 2 is 2.03 bits per heavy atom. The Kier molecular flexibility index (Phi) is 6.77. The summed E-state index contributed by atoms with van der Waals surface area (Å²) in [6, 6.07) is 7.42. The fourth-order valence-electron chi connectivity index (χ4n) is 3.72. The number of halogens is 3. The summed E-state index contributed by atoms with van der Waals surface area (Å²) in [5, 5.41) is 7.33. The lowest BCUT2D eigenvalue weighted by atomic mass is 10.1. The van der Waals surface area contributed by atoms with Gasteiger partial charge < -0.3 is 16.1 Å². The Balaban J connectivity index is 1.81. The molecule has 0 amide bonds. The molecule has 0 radical (unpaired) electrons. The number of aromatic nitrogens is 2. The first-order chi connectivity index (χ1) is 15.7. The Labute approximate surface area is 184 Å². The summed E-state index contributed by atoms with van der Waals surface area (Å²) in [5.41, 5.74) is 9.24. The van der Waals surface area contributed by atoms with Crippen molar-refractivity contribution in [3.05, 3.63) is 66.1 Å². The molecule has 3 heterocycles. The van der Waals surface area contributed by atoms with Gasteiger partial charge in [0.05, 0.1) is 34.8 Å². The zero-order chi connectivity index (χ0) is 22.5. The summed E-state index contributed by atoms with van der Waals surface area (Å²) in [6.07, 6.45) is 7.54.